The molecule has 3 aromatic carbocycles. The summed E-state index contributed by atoms with van der Waals surface area (Å²) >= 11 is 0. The highest BCUT2D eigenvalue weighted by Crippen LogP contribution is 2.22. The van der Waals surface area contributed by atoms with Gasteiger partial charge in [0.25, 0.3) is 5.78 Å². The largest absolute Gasteiger partial charge is 0.508 e. The van der Waals surface area contributed by atoms with Gasteiger partial charge in [0, 0.05) is 24.6 Å². The number of Topliss-reactive ketones (excluding diaryl/α,β-unsaturated/α-hetero) is 1. The molecule has 0 aliphatic carbocycles. The van der Waals surface area contributed by atoms with Crippen LogP contribution >= 0.6 is 0 Å². The van der Waals surface area contributed by atoms with E-state index in [1.54, 1.807) is 30.3 Å². The van der Waals surface area contributed by atoms with Gasteiger partial charge in [-0.25, -0.2) is 8.78 Å². The molecule has 3 rings (SSSR count). The molecule has 0 aliphatic rings. The first-order chi connectivity index (χ1) is 18.8. The molecule has 3 N–H and O–H groups in total. The number of carbonyl (C=O) groups is 3. The number of ketones is 1. The van der Waals surface area contributed by atoms with E-state index in [1.807, 2.05) is 30.3 Å². The maximum absolute atomic E-state index is 12.9. The standard InChI is InChI=1S/C23H25F3N2O3.C6H4F2O/c1-15(2)19(21(30)23(24,25)26)28-22(31)20(17-11-7-4-8-12-17)27-18(29)14-13-16-9-5-3-6-10-16;7-4-1-5(8)3-6(9)2-4/h3-12,15,19-20H,13-14H2,1-2H3,(H,27,29)(H,28,31);1-3,9H/t19-,20?;/m0./s1. The van der Waals surface area contributed by atoms with E-state index in [0.717, 1.165) is 17.7 Å². The van der Waals surface area contributed by atoms with Crippen LogP contribution in [0.25, 0.3) is 0 Å². The molecule has 0 saturated heterocycles. The molecular formula is C29H29F5N2O4. The van der Waals surface area contributed by atoms with E-state index < -0.39 is 59.2 Å². The number of alkyl halides is 3. The first-order valence-corrected chi connectivity index (χ1v) is 12.2. The first-order valence-electron chi connectivity index (χ1n) is 12.2. The summed E-state index contributed by atoms with van der Waals surface area (Å²) in [7, 11) is 0. The summed E-state index contributed by atoms with van der Waals surface area (Å²) in [5.74, 6) is -6.07. The lowest BCUT2D eigenvalue weighted by Crippen LogP contribution is -2.52. The molecule has 6 nitrogen and oxygen atoms in total. The number of rotatable bonds is 9. The summed E-state index contributed by atoms with van der Waals surface area (Å²) in [6, 6.07) is 16.8. The third kappa shape index (κ3) is 10.5. The second kappa shape index (κ2) is 14.8. The number of aryl methyl sites for hydroxylation is 1. The monoisotopic (exact) mass is 564 g/mol. The molecule has 0 spiro atoms. The highest BCUT2D eigenvalue weighted by Gasteiger charge is 2.45. The van der Waals surface area contributed by atoms with E-state index in [0.29, 0.717) is 18.1 Å². The number of hydrogen-bond acceptors (Lipinski definition) is 4. The Hall–Kier alpha value is -4.28. The Morgan fingerprint density at radius 3 is 1.82 bits per heavy atom. The SMILES string of the molecule is CC(C)[C@H](NC(=O)C(NC(=O)CCc1ccccc1)c1ccccc1)C(=O)C(F)(F)F.Oc1cc(F)cc(F)c1. The van der Waals surface area contributed by atoms with Crippen molar-refractivity contribution in [2.45, 2.75) is 44.9 Å². The van der Waals surface area contributed by atoms with Gasteiger partial charge in [-0.15, -0.1) is 0 Å². The topological polar surface area (TPSA) is 95.5 Å². The van der Waals surface area contributed by atoms with Gasteiger partial charge in [-0.05, 0) is 23.5 Å². The van der Waals surface area contributed by atoms with Crippen molar-refractivity contribution in [2.24, 2.45) is 5.92 Å². The van der Waals surface area contributed by atoms with Crippen LogP contribution in [0, 0.1) is 17.6 Å². The summed E-state index contributed by atoms with van der Waals surface area (Å²) in [4.78, 5) is 37.1. The van der Waals surface area contributed by atoms with Crippen molar-refractivity contribution < 1.29 is 41.4 Å². The Balaban J connectivity index is 0.000000526. The van der Waals surface area contributed by atoms with E-state index in [9.17, 15) is 36.3 Å². The molecule has 1 unspecified atom stereocenters. The van der Waals surface area contributed by atoms with Crippen LogP contribution in [0.3, 0.4) is 0 Å². The number of phenolic OH excluding ortho intramolecular Hbond substituents is 1. The summed E-state index contributed by atoms with van der Waals surface area (Å²) in [6.45, 7) is 2.81. The summed E-state index contributed by atoms with van der Waals surface area (Å²) in [5, 5.41) is 13.3. The van der Waals surface area contributed by atoms with E-state index in [2.05, 4.69) is 10.6 Å². The lowest BCUT2D eigenvalue weighted by molar-refractivity contribution is -0.175. The molecule has 0 bridgehead atoms. The third-order valence-corrected chi connectivity index (χ3v) is 5.56. The van der Waals surface area contributed by atoms with E-state index in [-0.39, 0.29) is 6.42 Å². The lowest BCUT2D eigenvalue weighted by Gasteiger charge is -2.26. The molecule has 0 radical (unpaired) electrons. The van der Waals surface area contributed by atoms with Crippen molar-refractivity contribution in [3.63, 3.8) is 0 Å². The van der Waals surface area contributed by atoms with Gasteiger partial charge in [-0.2, -0.15) is 13.2 Å². The third-order valence-electron chi connectivity index (χ3n) is 5.56. The fourth-order valence-corrected chi connectivity index (χ4v) is 3.57. The van der Waals surface area contributed by atoms with E-state index in [4.69, 9.17) is 5.11 Å². The van der Waals surface area contributed by atoms with Crippen LogP contribution in [-0.2, 0) is 20.8 Å². The minimum Gasteiger partial charge on any atom is -0.508 e. The Morgan fingerprint density at radius 1 is 0.825 bits per heavy atom. The van der Waals surface area contributed by atoms with Gasteiger partial charge in [0.2, 0.25) is 11.8 Å². The van der Waals surface area contributed by atoms with Crippen molar-refractivity contribution in [3.8, 4) is 5.75 Å². The fraction of sp³-hybridized carbons (Fsp3) is 0.276. The van der Waals surface area contributed by atoms with Crippen LogP contribution in [0.5, 0.6) is 5.75 Å². The van der Waals surface area contributed by atoms with Gasteiger partial charge in [0.15, 0.2) is 0 Å². The second-order valence-electron chi connectivity index (χ2n) is 9.12. The molecule has 214 valence electrons. The van der Waals surface area contributed by atoms with Gasteiger partial charge < -0.3 is 15.7 Å². The van der Waals surface area contributed by atoms with Crippen LogP contribution in [0.15, 0.2) is 78.9 Å². The van der Waals surface area contributed by atoms with E-state index >= 15 is 0 Å². The normalized spacial score (nSPS) is 12.5. The molecule has 11 heteroatoms. The van der Waals surface area contributed by atoms with Gasteiger partial charge >= 0.3 is 6.18 Å². The second-order valence-corrected chi connectivity index (χ2v) is 9.12. The highest BCUT2D eigenvalue weighted by molar-refractivity contribution is 5.95. The zero-order chi connectivity index (χ0) is 29.9. The molecule has 0 saturated carbocycles. The van der Waals surface area contributed by atoms with E-state index in [1.165, 1.54) is 13.8 Å². The Labute approximate surface area is 228 Å². The molecule has 40 heavy (non-hydrogen) atoms. The first kappa shape index (κ1) is 31.9. The maximum atomic E-state index is 12.9. The molecule has 0 aromatic heterocycles. The average molecular weight is 565 g/mol. The number of halogens is 5. The van der Waals surface area contributed by atoms with Crippen LogP contribution in [0.4, 0.5) is 22.0 Å². The summed E-state index contributed by atoms with van der Waals surface area (Å²) in [5.41, 5.74) is 1.34. The number of aromatic hydroxyl groups is 1. The van der Waals surface area contributed by atoms with Crippen molar-refractivity contribution in [1.82, 2.24) is 10.6 Å². The molecular weight excluding hydrogens is 535 g/mol. The lowest BCUT2D eigenvalue weighted by atomic mass is 9.98. The quantitative estimate of drug-likeness (QED) is 0.303. The van der Waals surface area contributed by atoms with Gasteiger partial charge in [-0.3, -0.25) is 14.4 Å². The number of phenols is 1. The Kier molecular flexibility index (Phi) is 11.8. The molecule has 2 amide bonds. The summed E-state index contributed by atoms with van der Waals surface area (Å²) in [6.07, 6.45) is -4.55. The van der Waals surface area contributed by atoms with Crippen molar-refractivity contribution in [2.75, 3.05) is 0 Å². The highest BCUT2D eigenvalue weighted by atomic mass is 19.4. The number of amides is 2. The molecule has 0 aliphatic heterocycles. The van der Waals surface area contributed by atoms with Gasteiger partial charge in [0.1, 0.15) is 23.4 Å². The summed E-state index contributed by atoms with van der Waals surface area (Å²) < 4.78 is 62.9. The van der Waals surface area contributed by atoms with Gasteiger partial charge in [-0.1, -0.05) is 74.5 Å². The number of benzene rings is 3. The maximum Gasteiger partial charge on any atom is 0.452 e. The number of hydrogen-bond donors (Lipinski definition) is 3. The van der Waals surface area contributed by atoms with Gasteiger partial charge in [0.05, 0.1) is 6.04 Å². The molecule has 0 fully saturated rings. The Bertz CT molecular complexity index is 1220. The van der Waals surface area contributed by atoms with Crippen LogP contribution < -0.4 is 10.6 Å². The zero-order valence-electron chi connectivity index (χ0n) is 21.7. The van der Waals surface area contributed by atoms with Crippen molar-refractivity contribution in [3.05, 3.63) is 102 Å². The Morgan fingerprint density at radius 2 is 1.35 bits per heavy atom. The van der Waals surface area contributed by atoms with Crippen molar-refractivity contribution in [1.29, 1.82) is 0 Å². The van der Waals surface area contributed by atoms with Crippen LogP contribution in [0.2, 0.25) is 0 Å². The van der Waals surface area contributed by atoms with Crippen LogP contribution in [-0.4, -0.2) is 34.9 Å². The van der Waals surface area contributed by atoms with Crippen LogP contribution in [0.1, 0.15) is 37.4 Å². The number of carbonyl (C=O) groups excluding carboxylic acids is 3. The minimum atomic E-state index is -5.08. The predicted octanol–water partition coefficient (Wildman–Crippen LogP) is 5.42. The molecule has 2 atom stereocenters. The predicted molar refractivity (Wildman–Crippen MR) is 138 cm³/mol. The number of nitrogens with one attached hydrogen (secondary N) is 2. The molecule has 0 heterocycles. The zero-order valence-corrected chi connectivity index (χ0v) is 21.7. The molecule has 3 aromatic rings. The average Bonchev–Trinajstić information content (AvgIpc) is 2.88. The smallest absolute Gasteiger partial charge is 0.452 e. The minimum absolute atomic E-state index is 0.0930. The fourth-order valence-electron chi connectivity index (χ4n) is 3.57. The van der Waals surface area contributed by atoms with Crippen molar-refractivity contribution >= 4 is 17.6 Å².